The van der Waals surface area contributed by atoms with E-state index in [0.29, 0.717) is 6.04 Å². The van der Waals surface area contributed by atoms with Crippen LogP contribution in [0, 0.1) is 5.92 Å². The topological polar surface area (TPSA) is 24.5 Å². The zero-order valence-corrected chi connectivity index (χ0v) is 11.8. The van der Waals surface area contributed by atoms with Crippen molar-refractivity contribution in [2.45, 2.75) is 25.3 Å². The van der Waals surface area contributed by atoms with E-state index in [1.54, 1.807) is 0 Å². The third-order valence-electron chi connectivity index (χ3n) is 4.47. The molecule has 1 unspecified atom stereocenters. The van der Waals surface area contributed by atoms with Gasteiger partial charge in [0, 0.05) is 38.0 Å². The minimum atomic E-state index is 0.714. The van der Waals surface area contributed by atoms with Gasteiger partial charge in [0.05, 0.1) is 0 Å². The highest BCUT2D eigenvalue weighted by Gasteiger charge is 2.23. The van der Waals surface area contributed by atoms with E-state index in [1.165, 1.54) is 37.1 Å². The van der Waals surface area contributed by atoms with Crippen LogP contribution in [0.2, 0.25) is 0 Å². The molecule has 0 aromatic heterocycles. The lowest BCUT2D eigenvalue weighted by Crippen LogP contribution is -2.42. The molecule has 1 N–H and O–H groups in total. The monoisotopic (exact) mass is 260 g/mol. The third-order valence-corrected chi connectivity index (χ3v) is 4.47. The fraction of sp³-hybridized carbons (Fsp3) is 0.625. The van der Waals surface area contributed by atoms with Crippen LogP contribution in [0.5, 0.6) is 0 Å². The van der Waals surface area contributed by atoms with E-state index in [1.807, 2.05) is 0 Å². The van der Waals surface area contributed by atoms with E-state index in [9.17, 15) is 0 Å². The van der Waals surface area contributed by atoms with E-state index < -0.39 is 0 Å². The summed E-state index contributed by atoms with van der Waals surface area (Å²) in [4.78, 5) is 2.54. The summed E-state index contributed by atoms with van der Waals surface area (Å²) in [6, 6.07) is 9.41. The zero-order valence-electron chi connectivity index (χ0n) is 11.8. The number of ether oxygens (including phenoxy) is 1. The standard InChI is InChI=1S/C16H24N2O/c1-18(15-6-8-19-9-7-15)12-13-10-14-4-2-3-5-16(14)17-11-13/h2-5,13,15,17H,6-12H2,1H3. The van der Waals surface area contributed by atoms with Crippen molar-refractivity contribution in [3.63, 3.8) is 0 Å². The second-order valence-electron chi connectivity index (χ2n) is 5.89. The van der Waals surface area contributed by atoms with Crippen molar-refractivity contribution in [2.75, 3.05) is 38.7 Å². The second kappa shape index (κ2) is 5.93. The van der Waals surface area contributed by atoms with Crippen LogP contribution >= 0.6 is 0 Å². The van der Waals surface area contributed by atoms with Crippen molar-refractivity contribution in [3.05, 3.63) is 29.8 Å². The second-order valence-corrected chi connectivity index (χ2v) is 5.89. The van der Waals surface area contributed by atoms with Crippen molar-refractivity contribution in [2.24, 2.45) is 5.92 Å². The Hall–Kier alpha value is -1.06. The molecule has 0 bridgehead atoms. The maximum atomic E-state index is 5.45. The molecule has 0 saturated carbocycles. The van der Waals surface area contributed by atoms with Crippen LogP contribution in [-0.4, -0.2) is 44.3 Å². The number of nitrogens with zero attached hydrogens (tertiary/aromatic N) is 1. The fourth-order valence-electron chi connectivity index (χ4n) is 3.32. The summed E-state index contributed by atoms with van der Waals surface area (Å²) in [5.74, 6) is 0.725. The molecular formula is C16H24N2O. The number of para-hydroxylation sites is 1. The molecule has 1 atom stereocenters. The molecule has 2 heterocycles. The molecule has 1 aromatic rings. The molecule has 1 fully saturated rings. The molecule has 0 radical (unpaired) electrons. The van der Waals surface area contributed by atoms with Gasteiger partial charge in [0.25, 0.3) is 0 Å². The highest BCUT2D eigenvalue weighted by Crippen LogP contribution is 2.25. The molecule has 2 aliphatic rings. The summed E-state index contributed by atoms with van der Waals surface area (Å²) < 4.78 is 5.45. The molecule has 1 aromatic carbocycles. The number of rotatable bonds is 3. The van der Waals surface area contributed by atoms with Gasteiger partial charge in [-0.1, -0.05) is 18.2 Å². The molecular weight excluding hydrogens is 236 g/mol. The summed E-state index contributed by atoms with van der Waals surface area (Å²) in [5.41, 5.74) is 2.80. The molecule has 1 saturated heterocycles. The maximum Gasteiger partial charge on any atom is 0.0480 e. The first-order valence-electron chi connectivity index (χ1n) is 7.42. The van der Waals surface area contributed by atoms with Crippen LogP contribution < -0.4 is 5.32 Å². The predicted molar refractivity (Wildman–Crippen MR) is 78.6 cm³/mol. The fourth-order valence-corrected chi connectivity index (χ4v) is 3.32. The Balaban J connectivity index is 1.56. The van der Waals surface area contributed by atoms with Gasteiger partial charge in [0.15, 0.2) is 0 Å². The molecule has 3 nitrogen and oxygen atoms in total. The molecule has 104 valence electrons. The normalized spacial score (nSPS) is 24.0. The van der Waals surface area contributed by atoms with E-state index in [2.05, 4.69) is 41.5 Å². The smallest absolute Gasteiger partial charge is 0.0480 e. The number of anilines is 1. The summed E-state index contributed by atoms with van der Waals surface area (Å²) in [5, 5.41) is 3.57. The van der Waals surface area contributed by atoms with Crippen LogP contribution in [0.15, 0.2) is 24.3 Å². The molecule has 3 rings (SSSR count). The number of nitrogens with one attached hydrogen (secondary N) is 1. The van der Waals surface area contributed by atoms with Crippen LogP contribution in [0.3, 0.4) is 0 Å². The quantitative estimate of drug-likeness (QED) is 0.903. The number of benzene rings is 1. The molecule has 0 spiro atoms. The largest absolute Gasteiger partial charge is 0.384 e. The SMILES string of the molecule is CN(CC1CNc2ccccc2C1)C1CCOCC1. The van der Waals surface area contributed by atoms with Gasteiger partial charge in [0.2, 0.25) is 0 Å². The van der Waals surface area contributed by atoms with Crippen molar-refractivity contribution < 1.29 is 4.74 Å². The van der Waals surface area contributed by atoms with Crippen molar-refractivity contribution in [1.82, 2.24) is 4.90 Å². The van der Waals surface area contributed by atoms with Gasteiger partial charge in [-0.3, -0.25) is 0 Å². The molecule has 0 aliphatic carbocycles. The first kappa shape index (κ1) is 12.9. The Morgan fingerprint density at radius 2 is 2.05 bits per heavy atom. The van der Waals surface area contributed by atoms with Crippen LogP contribution in [0.25, 0.3) is 0 Å². The summed E-state index contributed by atoms with van der Waals surface area (Å²) in [6.07, 6.45) is 3.58. The predicted octanol–water partition coefficient (Wildman–Crippen LogP) is 2.38. The molecule has 2 aliphatic heterocycles. The van der Waals surface area contributed by atoms with Crippen molar-refractivity contribution in [3.8, 4) is 0 Å². The number of hydrogen-bond donors (Lipinski definition) is 1. The van der Waals surface area contributed by atoms with E-state index in [0.717, 1.165) is 25.7 Å². The lowest BCUT2D eigenvalue weighted by molar-refractivity contribution is 0.0386. The van der Waals surface area contributed by atoms with Gasteiger partial charge in [-0.2, -0.15) is 0 Å². The summed E-state index contributed by atoms with van der Waals surface area (Å²) in [6.45, 7) is 4.15. The summed E-state index contributed by atoms with van der Waals surface area (Å²) >= 11 is 0. The van der Waals surface area contributed by atoms with Gasteiger partial charge in [0.1, 0.15) is 0 Å². The first-order chi connectivity index (χ1) is 9.33. The van der Waals surface area contributed by atoms with Crippen LogP contribution in [0.4, 0.5) is 5.69 Å². The number of fused-ring (bicyclic) bond motifs is 1. The molecule has 19 heavy (non-hydrogen) atoms. The lowest BCUT2D eigenvalue weighted by Gasteiger charge is -2.35. The van der Waals surface area contributed by atoms with Crippen LogP contribution in [0.1, 0.15) is 18.4 Å². The highest BCUT2D eigenvalue weighted by molar-refractivity contribution is 5.53. The summed E-state index contributed by atoms with van der Waals surface area (Å²) in [7, 11) is 2.27. The maximum absolute atomic E-state index is 5.45. The Kier molecular flexibility index (Phi) is 4.04. The highest BCUT2D eigenvalue weighted by atomic mass is 16.5. The lowest BCUT2D eigenvalue weighted by atomic mass is 9.93. The molecule has 0 amide bonds. The Bertz CT molecular complexity index is 415. The van der Waals surface area contributed by atoms with Gasteiger partial charge in [-0.05, 0) is 43.9 Å². The van der Waals surface area contributed by atoms with E-state index >= 15 is 0 Å². The van der Waals surface area contributed by atoms with Gasteiger partial charge in [-0.25, -0.2) is 0 Å². The van der Waals surface area contributed by atoms with Gasteiger partial charge >= 0.3 is 0 Å². The van der Waals surface area contributed by atoms with Gasteiger partial charge in [-0.15, -0.1) is 0 Å². The first-order valence-corrected chi connectivity index (χ1v) is 7.42. The average Bonchev–Trinajstić information content (AvgIpc) is 2.48. The van der Waals surface area contributed by atoms with Crippen molar-refractivity contribution in [1.29, 1.82) is 0 Å². The van der Waals surface area contributed by atoms with Crippen molar-refractivity contribution >= 4 is 5.69 Å². The third kappa shape index (κ3) is 3.10. The van der Waals surface area contributed by atoms with E-state index in [-0.39, 0.29) is 0 Å². The molecule has 3 heteroatoms. The Morgan fingerprint density at radius 3 is 2.89 bits per heavy atom. The minimum absolute atomic E-state index is 0.714. The van der Waals surface area contributed by atoms with E-state index in [4.69, 9.17) is 4.74 Å². The minimum Gasteiger partial charge on any atom is -0.384 e. The van der Waals surface area contributed by atoms with Gasteiger partial charge < -0.3 is 15.0 Å². The Labute approximate surface area is 115 Å². The Morgan fingerprint density at radius 1 is 1.26 bits per heavy atom. The zero-order chi connectivity index (χ0) is 13.1. The number of hydrogen-bond acceptors (Lipinski definition) is 3. The average molecular weight is 260 g/mol. The van der Waals surface area contributed by atoms with Crippen LogP contribution in [-0.2, 0) is 11.2 Å².